The SMILES string of the molecule is O=C(NCCN1CCN(c2ccccc2)CC1)C(=O)Nc1ccc(Oc2ccc(Cl)cc2)nc1. The van der Waals surface area contributed by atoms with Crippen LogP contribution in [-0.4, -0.2) is 61.0 Å². The second-order valence-electron chi connectivity index (χ2n) is 7.82. The number of benzene rings is 2. The first kappa shape index (κ1) is 23.5. The lowest BCUT2D eigenvalue weighted by molar-refractivity contribution is -0.136. The molecule has 1 saturated heterocycles. The van der Waals surface area contributed by atoms with E-state index in [-0.39, 0.29) is 0 Å². The molecule has 1 aliphatic heterocycles. The van der Waals surface area contributed by atoms with Crippen molar-refractivity contribution in [2.24, 2.45) is 0 Å². The summed E-state index contributed by atoms with van der Waals surface area (Å²) in [6.07, 6.45) is 1.43. The van der Waals surface area contributed by atoms with Crippen LogP contribution in [0.2, 0.25) is 5.02 Å². The molecule has 4 rings (SSSR count). The molecule has 1 aliphatic rings. The van der Waals surface area contributed by atoms with Gasteiger partial charge in [-0.1, -0.05) is 29.8 Å². The number of amides is 2. The van der Waals surface area contributed by atoms with E-state index in [1.165, 1.54) is 11.9 Å². The van der Waals surface area contributed by atoms with Gasteiger partial charge in [-0.2, -0.15) is 0 Å². The molecular weight excluding hydrogens is 454 g/mol. The Morgan fingerprint density at radius 3 is 2.32 bits per heavy atom. The number of pyridine rings is 1. The number of ether oxygens (including phenoxy) is 1. The van der Waals surface area contributed by atoms with Crippen LogP contribution < -0.4 is 20.3 Å². The molecule has 3 aromatic rings. The highest BCUT2D eigenvalue weighted by atomic mass is 35.5. The molecule has 2 aromatic carbocycles. The lowest BCUT2D eigenvalue weighted by Gasteiger charge is -2.36. The van der Waals surface area contributed by atoms with Crippen molar-refractivity contribution in [3.63, 3.8) is 0 Å². The van der Waals surface area contributed by atoms with Crippen molar-refractivity contribution < 1.29 is 14.3 Å². The fourth-order valence-corrected chi connectivity index (χ4v) is 3.73. The number of halogens is 1. The van der Waals surface area contributed by atoms with E-state index in [1.807, 2.05) is 18.2 Å². The molecule has 0 saturated carbocycles. The molecule has 0 aliphatic carbocycles. The van der Waals surface area contributed by atoms with E-state index in [9.17, 15) is 9.59 Å². The van der Waals surface area contributed by atoms with Crippen LogP contribution in [0.5, 0.6) is 11.6 Å². The van der Waals surface area contributed by atoms with E-state index in [0.717, 1.165) is 26.2 Å². The first-order valence-corrected chi connectivity index (χ1v) is 11.5. The van der Waals surface area contributed by atoms with Crippen molar-refractivity contribution in [1.29, 1.82) is 0 Å². The van der Waals surface area contributed by atoms with Crippen LogP contribution in [0.15, 0.2) is 72.9 Å². The van der Waals surface area contributed by atoms with Gasteiger partial charge in [0.15, 0.2) is 0 Å². The van der Waals surface area contributed by atoms with E-state index in [4.69, 9.17) is 16.3 Å². The van der Waals surface area contributed by atoms with Gasteiger partial charge in [-0.15, -0.1) is 0 Å². The summed E-state index contributed by atoms with van der Waals surface area (Å²) in [7, 11) is 0. The van der Waals surface area contributed by atoms with Gasteiger partial charge in [0.25, 0.3) is 0 Å². The largest absolute Gasteiger partial charge is 0.439 e. The lowest BCUT2D eigenvalue weighted by Crippen LogP contribution is -2.49. The zero-order chi connectivity index (χ0) is 23.8. The normalized spacial score (nSPS) is 13.9. The van der Waals surface area contributed by atoms with E-state index < -0.39 is 11.8 Å². The highest BCUT2D eigenvalue weighted by Gasteiger charge is 2.18. The van der Waals surface area contributed by atoms with Gasteiger partial charge in [0.05, 0.1) is 11.9 Å². The summed E-state index contributed by atoms with van der Waals surface area (Å²) in [5.41, 5.74) is 1.63. The van der Waals surface area contributed by atoms with Crippen LogP contribution in [0.25, 0.3) is 0 Å². The molecule has 1 aromatic heterocycles. The van der Waals surface area contributed by atoms with Crippen LogP contribution in [0.4, 0.5) is 11.4 Å². The highest BCUT2D eigenvalue weighted by molar-refractivity contribution is 6.39. The average Bonchev–Trinajstić information content (AvgIpc) is 2.87. The fraction of sp³-hybridized carbons (Fsp3) is 0.240. The number of anilines is 2. The molecule has 2 N–H and O–H groups in total. The predicted molar refractivity (Wildman–Crippen MR) is 132 cm³/mol. The van der Waals surface area contributed by atoms with Crippen LogP contribution in [-0.2, 0) is 9.59 Å². The summed E-state index contributed by atoms with van der Waals surface area (Å²) in [6, 6.07) is 20.5. The van der Waals surface area contributed by atoms with Gasteiger partial charge >= 0.3 is 11.8 Å². The third kappa shape index (κ3) is 6.69. The minimum atomic E-state index is -0.734. The lowest BCUT2D eigenvalue weighted by atomic mass is 10.2. The second kappa shape index (κ2) is 11.5. The first-order chi connectivity index (χ1) is 16.6. The Labute approximate surface area is 203 Å². The van der Waals surface area contributed by atoms with Crippen LogP contribution in [0.3, 0.4) is 0 Å². The van der Waals surface area contributed by atoms with Crippen molar-refractivity contribution in [3.05, 3.63) is 77.9 Å². The van der Waals surface area contributed by atoms with Crippen molar-refractivity contribution in [1.82, 2.24) is 15.2 Å². The number of para-hydroxylation sites is 1. The smallest absolute Gasteiger partial charge is 0.313 e. The highest BCUT2D eigenvalue weighted by Crippen LogP contribution is 2.22. The van der Waals surface area contributed by atoms with Crippen molar-refractivity contribution in [2.45, 2.75) is 0 Å². The average molecular weight is 480 g/mol. The van der Waals surface area contributed by atoms with Gasteiger partial charge < -0.3 is 20.3 Å². The third-order valence-electron chi connectivity index (χ3n) is 5.44. The summed E-state index contributed by atoms with van der Waals surface area (Å²) in [5, 5.41) is 5.84. The number of aromatic nitrogens is 1. The van der Waals surface area contributed by atoms with E-state index >= 15 is 0 Å². The molecule has 8 nitrogen and oxygen atoms in total. The van der Waals surface area contributed by atoms with Gasteiger partial charge in [0.2, 0.25) is 5.88 Å². The van der Waals surface area contributed by atoms with Crippen LogP contribution in [0.1, 0.15) is 0 Å². The molecule has 0 unspecified atom stereocenters. The first-order valence-electron chi connectivity index (χ1n) is 11.1. The summed E-state index contributed by atoms with van der Waals surface area (Å²) in [5.74, 6) is -0.460. The Bertz CT molecular complexity index is 1090. The van der Waals surface area contributed by atoms with Gasteiger partial charge in [0, 0.05) is 56.0 Å². The molecule has 34 heavy (non-hydrogen) atoms. The number of rotatable bonds is 7. The number of nitrogens with one attached hydrogen (secondary N) is 2. The van der Waals surface area contributed by atoms with Gasteiger partial charge in [0.1, 0.15) is 5.75 Å². The van der Waals surface area contributed by atoms with Gasteiger partial charge in [-0.25, -0.2) is 4.98 Å². The molecule has 1 fully saturated rings. The topological polar surface area (TPSA) is 86.8 Å². The molecule has 0 spiro atoms. The zero-order valence-electron chi connectivity index (χ0n) is 18.6. The van der Waals surface area contributed by atoms with E-state index in [1.54, 1.807) is 36.4 Å². The Morgan fingerprint density at radius 2 is 1.65 bits per heavy atom. The maximum absolute atomic E-state index is 12.2. The van der Waals surface area contributed by atoms with Gasteiger partial charge in [-0.3, -0.25) is 14.5 Å². The molecule has 176 valence electrons. The van der Waals surface area contributed by atoms with Crippen molar-refractivity contribution in [2.75, 3.05) is 49.5 Å². The Kier molecular flexibility index (Phi) is 7.95. The molecular formula is C25H26ClN5O3. The minimum Gasteiger partial charge on any atom is -0.439 e. The number of nitrogens with zero attached hydrogens (tertiary/aromatic N) is 3. The monoisotopic (exact) mass is 479 g/mol. The molecule has 0 bridgehead atoms. The zero-order valence-corrected chi connectivity index (χ0v) is 19.4. The van der Waals surface area contributed by atoms with Crippen LogP contribution in [0, 0.1) is 0 Å². The molecule has 2 amide bonds. The summed E-state index contributed by atoms with van der Waals surface area (Å²) in [6.45, 7) is 4.79. The van der Waals surface area contributed by atoms with Crippen molar-refractivity contribution >= 4 is 34.8 Å². The molecule has 2 heterocycles. The number of carbonyl (C=O) groups is 2. The Hall–Kier alpha value is -3.62. The van der Waals surface area contributed by atoms with E-state index in [0.29, 0.717) is 35.4 Å². The third-order valence-corrected chi connectivity index (χ3v) is 5.70. The Morgan fingerprint density at radius 1 is 0.912 bits per heavy atom. The summed E-state index contributed by atoms with van der Waals surface area (Å²) < 4.78 is 5.61. The van der Waals surface area contributed by atoms with Gasteiger partial charge in [-0.05, 0) is 42.5 Å². The predicted octanol–water partition coefficient (Wildman–Crippen LogP) is 3.40. The summed E-state index contributed by atoms with van der Waals surface area (Å²) >= 11 is 5.86. The maximum Gasteiger partial charge on any atom is 0.313 e. The van der Waals surface area contributed by atoms with E-state index in [2.05, 4.69) is 37.6 Å². The standard InChI is InChI=1S/C25H26ClN5O3/c26-19-6-9-22(10-7-19)34-23-11-8-20(18-28-23)29-25(33)24(32)27-12-13-30-14-16-31(17-15-30)21-4-2-1-3-5-21/h1-11,18H,12-17H2,(H,27,32)(H,29,33). The number of hydrogen-bond acceptors (Lipinski definition) is 6. The van der Waals surface area contributed by atoms with Crippen molar-refractivity contribution in [3.8, 4) is 11.6 Å². The summed E-state index contributed by atoms with van der Waals surface area (Å²) in [4.78, 5) is 33.1. The quantitative estimate of drug-likeness (QED) is 0.505. The van der Waals surface area contributed by atoms with Crippen LogP contribution >= 0.6 is 11.6 Å². The molecule has 0 radical (unpaired) electrons. The number of carbonyl (C=O) groups excluding carboxylic acids is 2. The number of hydrogen-bond donors (Lipinski definition) is 2. The molecule has 9 heteroatoms. The fourth-order valence-electron chi connectivity index (χ4n) is 3.60. The number of piperazine rings is 1. The minimum absolute atomic E-state index is 0.358. The molecule has 0 atom stereocenters. The Balaban J connectivity index is 1.16. The maximum atomic E-state index is 12.2. The second-order valence-corrected chi connectivity index (χ2v) is 8.25.